The predicted molar refractivity (Wildman–Crippen MR) is 125 cm³/mol. The van der Waals surface area contributed by atoms with Crippen molar-refractivity contribution in [3.63, 3.8) is 0 Å². The largest absolute Gasteiger partial charge is 0.385 e. The van der Waals surface area contributed by atoms with E-state index in [2.05, 4.69) is 25.3 Å². The van der Waals surface area contributed by atoms with Gasteiger partial charge in [0.1, 0.15) is 0 Å². The standard InChI is InChI=1S/C23H36O4S2/c1-22(20(24)28,14-8-10-16-26-3)19(18-12-6-5-7-13-18)23(2,21(25)29)15-9-11-17-27-4/h5-7,12-13,19H,8-11,14-17H2,1-4H3,(H,24,28)(H,25,29). The Balaban J connectivity index is 3.38. The number of carbonyl (C=O) groups is 2. The molecule has 0 aliphatic heterocycles. The molecule has 0 bridgehead atoms. The van der Waals surface area contributed by atoms with Crippen molar-refractivity contribution < 1.29 is 19.1 Å². The summed E-state index contributed by atoms with van der Waals surface area (Å²) in [7, 11) is 3.35. The van der Waals surface area contributed by atoms with E-state index in [-0.39, 0.29) is 16.1 Å². The number of thiol groups is 2. The maximum absolute atomic E-state index is 12.9. The molecule has 0 saturated carbocycles. The Kier molecular flexibility index (Phi) is 11.6. The molecule has 0 spiro atoms. The summed E-state index contributed by atoms with van der Waals surface area (Å²) >= 11 is 8.58. The lowest BCUT2D eigenvalue weighted by molar-refractivity contribution is -0.128. The summed E-state index contributed by atoms with van der Waals surface area (Å²) in [5.74, 6) is -0.323. The van der Waals surface area contributed by atoms with Gasteiger partial charge in [0, 0.05) is 44.2 Å². The molecule has 0 saturated heterocycles. The van der Waals surface area contributed by atoms with Gasteiger partial charge in [-0.3, -0.25) is 9.59 Å². The number of methoxy groups -OCH3 is 2. The Morgan fingerprint density at radius 1 is 0.828 bits per heavy atom. The monoisotopic (exact) mass is 440 g/mol. The molecule has 0 fully saturated rings. The molecule has 4 nitrogen and oxygen atoms in total. The molecule has 1 rings (SSSR count). The van der Waals surface area contributed by atoms with Crippen LogP contribution in [-0.2, 0) is 19.1 Å². The first-order valence-electron chi connectivity index (χ1n) is 10.2. The molecule has 0 amide bonds. The fourth-order valence-corrected chi connectivity index (χ4v) is 4.79. The van der Waals surface area contributed by atoms with E-state index in [0.29, 0.717) is 26.1 Å². The molecule has 0 aromatic heterocycles. The molecule has 0 heterocycles. The van der Waals surface area contributed by atoms with Gasteiger partial charge in [-0.05, 0) is 31.2 Å². The summed E-state index contributed by atoms with van der Waals surface area (Å²) in [6.45, 7) is 5.17. The molecule has 1 aromatic carbocycles. The molecular formula is C23H36O4S2. The minimum absolute atomic E-state index is 0.193. The van der Waals surface area contributed by atoms with Gasteiger partial charge in [0.05, 0.1) is 0 Å². The average molecular weight is 441 g/mol. The van der Waals surface area contributed by atoms with E-state index in [1.807, 2.05) is 44.2 Å². The molecular weight excluding hydrogens is 404 g/mol. The smallest absolute Gasteiger partial charge is 0.192 e. The van der Waals surface area contributed by atoms with E-state index in [1.165, 1.54) is 0 Å². The zero-order valence-corrected chi connectivity index (χ0v) is 19.9. The number of benzene rings is 1. The molecule has 0 radical (unpaired) electrons. The third kappa shape index (κ3) is 7.12. The lowest BCUT2D eigenvalue weighted by Gasteiger charge is -2.46. The number of hydrogen-bond donors (Lipinski definition) is 2. The van der Waals surface area contributed by atoms with Crippen molar-refractivity contribution in [2.24, 2.45) is 10.8 Å². The van der Waals surface area contributed by atoms with Crippen molar-refractivity contribution in [2.45, 2.75) is 58.3 Å². The van der Waals surface area contributed by atoms with Crippen molar-refractivity contribution in [1.29, 1.82) is 0 Å². The molecule has 0 aliphatic rings. The van der Waals surface area contributed by atoms with Crippen LogP contribution in [0.25, 0.3) is 0 Å². The maximum Gasteiger partial charge on any atom is 0.192 e. The van der Waals surface area contributed by atoms with Crippen molar-refractivity contribution in [3.05, 3.63) is 35.9 Å². The van der Waals surface area contributed by atoms with Crippen LogP contribution in [0, 0.1) is 10.8 Å². The Morgan fingerprint density at radius 2 is 1.24 bits per heavy atom. The second kappa shape index (κ2) is 12.8. The predicted octanol–water partition coefficient (Wildman–Crippen LogP) is 5.33. The Morgan fingerprint density at radius 3 is 1.59 bits per heavy atom. The van der Waals surface area contributed by atoms with Gasteiger partial charge in [-0.1, -0.05) is 57.0 Å². The van der Waals surface area contributed by atoms with Gasteiger partial charge in [0.2, 0.25) is 0 Å². The lowest BCUT2D eigenvalue weighted by atomic mass is 9.58. The molecule has 2 unspecified atom stereocenters. The van der Waals surface area contributed by atoms with E-state index in [0.717, 1.165) is 31.2 Å². The fourth-order valence-electron chi connectivity index (χ4n) is 4.31. The molecule has 1 aromatic rings. The van der Waals surface area contributed by atoms with E-state index in [4.69, 9.17) is 9.47 Å². The van der Waals surface area contributed by atoms with Crippen LogP contribution in [0.1, 0.15) is 63.9 Å². The minimum Gasteiger partial charge on any atom is -0.385 e. The summed E-state index contributed by atoms with van der Waals surface area (Å²) in [5, 5.41) is -0.386. The van der Waals surface area contributed by atoms with Gasteiger partial charge in [-0.2, -0.15) is 0 Å². The molecule has 164 valence electrons. The summed E-state index contributed by atoms with van der Waals surface area (Å²) in [6.07, 6.45) is 4.61. The third-order valence-electron chi connectivity index (χ3n) is 5.97. The topological polar surface area (TPSA) is 52.6 Å². The summed E-state index contributed by atoms with van der Waals surface area (Å²) in [4.78, 5) is 25.7. The minimum atomic E-state index is -0.799. The van der Waals surface area contributed by atoms with Crippen LogP contribution in [0.4, 0.5) is 0 Å². The van der Waals surface area contributed by atoms with Gasteiger partial charge in [-0.25, -0.2) is 0 Å². The Bertz CT molecular complexity index is 601. The third-order valence-corrected chi connectivity index (χ3v) is 7.00. The maximum atomic E-state index is 12.9. The fraction of sp³-hybridized carbons (Fsp3) is 0.652. The molecule has 0 aliphatic carbocycles. The van der Waals surface area contributed by atoms with Crippen molar-refractivity contribution in [3.8, 4) is 0 Å². The van der Waals surface area contributed by atoms with Crippen LogP contribution >= 0.6 is 25.3 Å². The normalized spacial score (nSPS) is 16.6. The molecule has 0 N–H and O–H groups in total. The quantitative estimate of drug-likeness (QED) is 0.286. The highest BCUT2D eigenvalue weighted by Crippen LogP contribution is 2.54. The van der Waals surface area contributed by atoms with Gasteiger partial charge < -0.3 is 9.47 Å². The summed E-state index contributed by atoms with van der Waals surface area (Å²) in [5.41, 5.74) is -0.625. The average Bonchev–Trinajstić information content (AvgIpc) is 2.69. The number of hydrogen-bond acceptors (Lipinski definition) is 4. The van der Waals surface area contributed by atoms with Gasteiger partial charge in [-0.15, -0.1) is 25.3 Å². The second-order valence-corrected chi connectivity index (χ2v) is 9.00. The molecule has 2 atom stereocenters. The first-order chi connectivity index (χ1) is 13.7. The van der Waals surface area contributed by atoms with E-state index in [9.17, 15) is 9.59 Å². The highest BCUT2D eigenvalue weighted by atomic mass is 32.1. The van der Waals surface area contributed by atoms with Crippen molar-refractivity contribution in [2.75, 3.05) is 27.4 Å². The van der Waals surface area contributed by atoms with Crippen molar-refractivity contribution >= 4 is 35.5 Å². The molecule has 29 heavy (non-hydrogen) atoms. The number of ether oxygens (including phenoxy) is 2. The van der Waals surface area contributed by atoms with E-state index in [1.54, 1.807) is 14.2 Å². The highest BCUT2D eigenvalue weighted by Gasteiger charge is 2.51. The number of rotatable bonds is 15. The molecule has 6 heteroatoms. The van der Waals surface area contributed by atoms with Crippen LogP contribution < -0.4 is 0 Å². The van der Waals surface area contributed by atoms with Gasteiger partial charge in [0.25, 0.3) is 0 Å². The van der Waals surface area contributed by atoms with Crippen molar-refractivity contribution in [1.82, 2.24) is 0 Å². The number of unbranched alkanes of at least 4 members (excludes halogenated alkanes) is 2. The van der Waals surface area contributed by atoms with Gasteiger partial charge >= 0.3 is 0 Å². The van der Waals surface area contributed by atoms with Crippen LogP contribution in [0.2, 0.25) is 0 Å². The Hall–Kier alpha value is -0.820. The summed E-state index contributed by atoms with van der Waals surface area (Å²) in [6, 6.07) is 9.84. The second-order valence-electron chi connectivity index (χ2n) is 8.19. The first kappa shape index (κ1) is 26.2. The first-order valence-corrected chi connectivity index (χ1v) is 11.1. The van der Waals surface area contributed by atoms with Crippen LogP contribution in [0.15, 0.2) is 30.3 Å². The lowest BCUT2D eigenvalue weighted by Crippen LogP contribution is -2.44. The van der Waals surface area contributed by atoms with Gasteiger partial charge in [0.15, 0.2) is 10.2 Å². The van der Waals surface area contributed by atoms with Crippen LogP contribution in [0.3, 0.4) is 0 Å². The highest BCUT2D eigenvalue weighted by molar-refractivity contribution is 7.97. The number of carbonyl (C=O) groups excluding carboxylic acids is 2. The van der Waals surface area contributed by atoms with E-state index < -0.39 is 10.8 Å². The zero-order chi connectivity index (χ0) is 21.9. The Labute approximate surface area is 186 Å². The summed E-state index contributed by atoms with van der Waals surface area (Å²) < 4.78 is 10.3. The van der Waals surface area contributed by atoms with Crippen LogP contribution in [-0.4, -0.2) is 37.7 Å². The SMILES string of the molecule is COCCCCC(C)(C(=O)S)C(c1ccccc1)C(C)(CCCCOC)C(=O)S. The van der Waals surface area contributed by atoms with Crippen LogP contribution in [0.5, 0.6) is 0 Å². The van der Waals surface area contributed by atoms with E-state index >= 15 is 0 Å². The zero-order valence-electron chi connectivity index (χ0n) is 18.1.